The van der Waals surface area contributed by atoms with E-state index in [2.05, 4.69) is 22.8 Å². The highest BCUT2D eigenvalue weighted by Gasteiger charge is 2.23. The molecule has 4 nitrogen and oxygen atoms in total. The van der Waals surface area contributed by atoms with Crippen LogP contribution in [0.5, 0.6) is 0 Å². The van der Waals surface area contributed by atoms with E-state index in [-0.39, 0.29) is 5.91 Å². The molecule has 2 aliphatic rings. The van der Waals surface area contributed by atoms with Gasteiger partial charge in [0.2, 0.25) is 5.91 Å². The van der Waals surface area contributed by atoms with Gasteiger partial charge in [-0.1, -0.05) is 0 Å². The summed E-state index contributed by atoms with van der Waals surface area (Å²) in [4.78, 5) is 13.4. The first kappa shape index (κ1) is 12.5. The van der Waals surface area contributed by atoms with Gasteiger partial charge in [0.1, 0.15) is 0 Å². The van der Waals surface area contributed by atoms with Crippen molar-refractivity contribution in [2.45, 2.75) is 19.3 Å². The fourth-order valence-corrected chi connectivity index (χ4v) is 2.96. The third kappa shape index (κ3) is 2.59. The quantitative estimate of drug-likeness (QED) is 0.863. The number of rotatable bonds is 4. The molecule has 1 amide bonds. The van der Waals surface area contributed by atoms with Crippen LogP contribution in [-0.2, 0) is 11.2 Å². The molecule has 0 bridgehead atoms. The molecule has 0 radical (unpaired) electrons. The Labute approximate surface area is 114 Å². The van der Waals surface area contributed by atoms with Gasteiger partial charge in [-0.15, -0.1) is 0 Å². The summed E-state index contributed by atoms with van der Waals surface area (Å²) < 4.78 is 0. The maximum atomic E-state index is 11.6. The lowest BCUT2D eigenvalue weighted by Crippen LogP contribution is -2.20. The van der Waals surface area contributed by atoms with Crippen molar-refractivity contribution in [3.63, 3.8) is 0 Å². The summed E-state index contributed by atoms with van der Waals surface area (Å²) in [5.74, 6) is 0.999. The van der Waals surface area contributed by atoms with Gasteiger partial charge in [0, 0.05) is 25.0 Å². The van der Waals surface area contributed by atoms with Crippen LogP contribution in [0.25, 0.3) is 0 Å². The van der Waals surface area contributed by atoms with Crippen LogP contribution < -0.4 is 15.5 Å². The minimum atomic E-state index is 0.184. The van der Waals surface area contributed by atoms with Gasteiger partial charge >= 0.3 is 0 Å². The van der Waals surface area contributed by atoms with Crippen LogP contribution in [0.15, 0.2) is 18.2 Å². The number of hydrogen-bond acceptors (Lipinski definition) is 3. The van der Waals surface area contributed by atoms with Crippen LogP contribution >= 0.6 is 0 Å². The molecule has 19 heavy (non-hydrogen) atoms. The number of hydrogen-bond donors (Lipinski definition) is 2. The second-order valence-corrected chi connectivity index (χ2v) is 5.55. The van der Waals surface area contributed by atoms with Crippen molar-refractivity contribution in [2.24, 2.45) is 5.92 Å². The van der Waals surface area contributed by atoms with Gasteiger partial charge in [-0.3, -0.25) is 4.79 Å². The smallest absolute Gasteiger partial charge is 0.231 e. The first-order valence-electron chi connectivity index (χ1n) is 7.08. The van der Waals surface area contributed by atoms with E-state index in [1.165, 1.54) is 12.8 Å². The van der Waals surface area contributed by atoms with E-state index < -0.39 is 0 Å². The summed E-state index contributed by atoms with van der Waals surface area (Å²) in [5, 5.41) is 6.87. The molecule has 0 saturated carbocycles. The molecule has 1 unspecified atom stereocenters. The van der Waals surface area contributed by atoms with Crippen molar-refractivity contribution in [3.8, 4) is 0 Å². The minimum absolute atomic E-state index is 0.184. The monoisotopic (exact) mass is 259 g/mol. The average molecular weight is 259 g/mol. The van der Waals surface area contributed by atoms with E-state index in [1.54, 1.807) is 4.90 Å². The van der Waals surface area contributed by atoms with Gasteiger partial charge in [-0.2, -0.15) is 0 Å². The average Bonchev–Trinajstić information content (AvgIpc) is 3.00. The number of amides is 1. The van der Waals surface area contributed by atoms with Crippen LogP contribution in [0.3, 0.4) is 0 Å². The number of nitrogens with one attached hydrogen (secondary N) is 2. The second kappa shape index (κ2) is 5.21. The molecule has 0 spiro atoms. The Morgan fingerprint density at radius 2 is 2.37 bits per heavy atom. The molecule has 3 rings (SSSR count). The Kier molecular flexibility index (Phi) is 3.42. The molecule has 2 heterocycles. The number of anilines is 2. The summed E-state index contributed by atoms with van der Waals surface area (Å²) in [6.45, 7) is 3.33. The first-order valence-corrected chi connectivity index (χ1v) is 7.08. The Hall–Kier alpha value is -1.55. The van der Waals surface area contributed by atoms with Gasteiger partial charge in [0.05, 0.1) is 6.42 Å². The van der Waals surface area contributed by atoms with Gasteiger partial charge in [-0.05, 0) is 55.6 Å². The number of nitrogens with zero attached hydrogens (tertiary/aromatic N) is 1. The molecule has 0 aromatic heterocycles. The van der Waals surface area contributed by atoms with Gasteiger partial charge < -0.3 is 15.5 Å². The molecule has 1 aromatic rings. The fraction of sp³-hybridized carbons (Fsp3) is 0.533. The molecule has 0 aliphatic carbocycles. The van der Waals surface area contributed by atoms with E-state index in [9.17, 15) is 4.79 Å². The lowest BCUT2D eigenvalue weighted by atomic mass is 10.1. The highest BCUT2D eigenvalue weighted by atomic mass is 16.2. The lowest BCUT2D eigenvalue weighted by molar-refractivity contribution is -0.117. The predicted molar refractivity (Wildman–Crippen MR) is 77.6 cm³/mol. The summed E-state index contributed by atoms with van der Waals surface area (Å²) in [5.41, 5.74) is 3.32. The Morgan fingerprint density at radius 1 is 1.47 bits per heavy atom. The summed E-state index contributed by atoms with van der Waals surface area (Å²) in [7, 11) is 1.84. The zero-order valence-electron chi connectivity index (χ0n) is 11.4. The van der Waals surface area contributed by atoms with Crippen LogP contribution in [0.2, 0.25) is 0 Å². The number of fused-ring (bicyclic) bond motifs is 1. The Balaban J connectivity index is 1.57. The molecule has 4 heteroatoms. The molecule has 1 aromatic carbocycles. The number of benzene rings is 1. The highest BCUT2D eigenvalue weighted by molar-refractivity contribution is 6.01. The van der Waals surface area contributed by atoms with Crippen molar-refractivity contribution >= 4 is 17.3 Å². The molecule has 1 atom stereocenters. The van der Waals surface area contributed by atoms with E-state index in [0.29, 0.717) is 6.42 Å². The summed E-state index contributed by atoms with van der Waals surface area (Å²) >= 11 is 0. The molecule has 2 aliphatic heterocycles. The highest BCUT2D eigenvalue weighted by Crippen LogP contribution is 2.30. The zero-order chi connectivity index (χ0) is 13.2. The van der Waals surface area contributed by atoms with Gasteiger partial charge in [0.25, 0.3) is 0 Å². The second-order valence-electron chi connectivity index (χ2n) is 5.55. The van der Waals surface area contributed by atoms with Crippen LogP contribution in [0.4, 0.5) is 11.4 Å². The lowest BCUT2D eigenvalue weighted by Gasteiger charge is -2.13. The van der Waals surface area contributed by atoms with E-state index in [4.69, 9.17) is 0 Å². The predicted octanol–water partition coefficient (Wildman–Crippen LogP) is 1.62. The third-order valence-electron chi connectivity index (χ3n) is 4.20. The number of carbonyl (C=O) groups excluding carboxylic acids is 1. The van der Waals surface area contributed by atoms with Gasteiger partial charge in [-0.25, -0.2) is 0 Å². The molecular weight excluding hydrogens is 238 g/mol. The number of carbonyl (C=O) groups is 1. The Morgan fingerprint density at radius 3 is 3.16 bits per heavy atom. The normalized spacial score (nSPS) is 21.8. The van der Waals surface area contributed by atoms with Crippen molar-refractivity contribution < 1.29 is 4.79 Å². The molecule has 1 saturated heterocycles. The largest absolute Gasteiger partial charge is 0.385 e. The maximum absolute atomic E-state index is 11.6. The van der Waals surface area contributed by atoms with E-state index in [1.807, 2.05) is 13.1 Å². The molecule has 2 N–H and O–H groups in total. The van der Waals surface area contributed by atoms with E-state index >= 15 is 0 Å². The van der Waals surface area contributed by atoms with Crippen LogP contribution in [0, 0.1) is 5.92 Å². The van der Waals surface area contributed by atoms with Crippen LogP contribution in [0.1, 0.15) is 18.4 Å². The molecule has 1 fully saturated rings. The van der Waals surface area contributed by atoms with Crippen molar-refractivity contribution in [3.05, 3.63) is 23.8 Å². The number of likely N-dealkylation sites (N-methyl/N-ethyl adjacent to an activating group) is 1. The maximum Gasteiger partial charge on any atom is 0.231 e. The van der Waals surface area contributed by atoms with Crippen molar-refractivity contribution in [2.75, 3.05) is 36.9 Å². The van der Waals surface area contributed by atoms with Crippen molar-refractivity contribution in [1.29, 1.82) is 0 Å². The standard InChI is InChI=1S/C15H21N3O/c1-18-14-3-2-13(8-12(14)9-15(18)19)17-7-5-11-4-6-16-10-11/h2-3,8,11,16-17H,4-7,9-10H2,1H3. The van der Waals surface area contributed by atoms with Crippen molar-refractivity contribution in [1.82, 2.24) is 5.32 Å². The van der Waals surface area contributed by atoms with Crippen LogP contribution in [-0.4, -0.2) is 32.6 Å². The molecular formula is C15H21N3O. The SMILES string of the molecule is CN1C(=O)Cc2cc(NCCC3CCNC3)ccc21. The topological polar surface area (TPSA) is 44.4 Å². The summed E-state index contributed by atoms with van der Waals surface area (Å²) in [6, 6.07) is 6.23. The minimum Gasteiger partial charge on any atom is -0.385 e. The molecule has 102 valence electrons. The van der Waals surface area contributed by atoms with E-state index in [0.717, 1.165) is 42.5 Å². The van der Waals surface area contributed by atoms with Gasteiger partial charge in [0.15, 0.2) is 0 Å². The summed E-state index contributed by atoms with van der Waals surface area (Å²) in [6.07, 6.45) is 3.04. The fourth-order valence-electron chi connectivity index (χ4n) is 2.96. The first-order chi connectivity index (χ1) is 9.24. The zero-order valence-corrected chi connectivity index (χ0v) is 11.4. The third-order valence-corrected chi connectivity index (χ3v) is 4.20. The Bertz CT molecular complexity index is 480.